The molecule has 0 bridgehead atoms. The van der Waals surface area contributed by atoms with E-state index in [9.17, 15) is 4.79 Å². The monoisotopic (exact) mass is 336 g/mol. The van der Waals surface area contributed by atoms with Crippen LogP contribution in [0.3, 0.4) is 0 Å². The summed E-state index contributed by atoms with van der Waals surface area (Å²) in [5.41, 5.74) is 1.67. The number of fused-ring (bicyclic) bond motifs is 1. The van der Waals surface area contributed by atoms with Gasteiger partial charge < -0.3 is 0 Å². The van der Waals surface area contributed by atoms with E-state index in [1.807, 2.05) is 34.9 Å². The van der Waals surface area contributed by atoms with Gasteiger partial charge in [-0.3, -0.25) is 9.36 Å². The first-order chi connectivity index (χ1) is 12.3. The second-order valence-corrected chi connectivity index (χ2v) is 6.89. The third kappa shape index (κ3) is 2.88. The maximum Gasteiger partial charge on any atom is 0.264 e. The zero-order valence-corrected chi connectivity index (χ0v) is 14.7. The normalized spacial score (nSPS) is 15.7. The van der Waals surface area contributed by atoms with E-state index in [0.29, 0.717) is 17.0 Å². The molecule has 1 saturated carbocycles. The highest BCUT2D eigenvalue weighted by atomic mass is 16.1. The zero-order valence-electron chi connectivity index (χ0n) is 14.7. The van der Waals surface area contributed by atoms with Gasteiger partial charge in [0.1, 0.15) is 11.2 Å². The van der Waals surface area contributed by atoms with Gasteiger partial charge in [0.2, 0.25) is 0 Å². The molecule has 2 aromatic heterocycles. The van der Waals surface area contributed by atoms with Crippen LogP contribution in [0.5, 0.6) is 0 Å². The topological polar surface area (TPSA) is 52.7 Å². The quantitative estimate of drug-likeness (QED) is 0.722. The van der Waals surface area contributed by atoms with Crippen LogP contribution in [0, 0.1) is 0 Å². The average Bonchev–Trinajstić information content (AvgIpc) is 3.09. The number of hydrogen-bond acceptors (Lipinski definition) is 3. The largest absolute Gasteiger partial charge is 0.296 e. The van der Waals surface area contributed by atoms with Gasteiger partial charge in [-0.2, -0.15) is 5.10 Å². The molecule has 0 spiro atoms. The van der Waals surface area contributed by atoms with Crippen LogP contribution in [-0.2, 0) is 6.54 Å². The number of rotatable bonds is 4. The Morgan fingerprint density at radius 1 is 1.12 bits per heavy atom. The van der Waals surface area contributed by atoms with E-state index in [1.165, 1.54) is 19.3 Å². The van der Waals surface area contributed by atoms with Crippen molar-refractivity contribution < 1.29 is 0 Å². The molecule has 0 N–H and O–H groups in total. The highest BCUT2D eigenvalue weighted by molar-refractivity contribution is 5.75. The molecule has 5 nitrogen and oxygen atoms in total. The molecule has 1 aliphatic rings. The Bertz CT molecular complexity index is 920. The van der Waals surface area contributed by atoms with Crippen molar-refractivity contribution in [3.8, 4) is 5.69 Å². The summed E-state index contributed by atoms with van der Waals surface area (Å²) in [5.74, 6) is 1.34. The van der Waals surface area contributed by atoms with Gasteiger partial charge in [0, 0.05) is 12.5 Å². The Morgan fingerprint density at radius 2 is 1.88 bits per heavy atom. The summed E-state index contributed by atoms with van der Waals surface area (Å²) in [6.07, 6.45) is 8.58. The van der Waals surface area contributed by atoms with E-state index in [1.54, 1.807) is 10.9 Å². The molecule has 0 unspecified atom stereocenters. The van der Waals surface area contributed by atoms with Crippen molar-refractivity contribution in [1.29, 1.82) is 0 Å². The summed E-state index contributed by atoms with van der Waals surface area (Å²) in [5, 5.41) is 5.06. The number of para-hydroxylation sites is 1. The third-order valence-electron chi connectivity index (χ3n) is 5.13. The smallest absolute Gasteiger partial charge is 0.264 e. The predicted octanol–water partition coefficient (Wildman–Crippen LogP) is 4.04. The molecule has 5 heteroatoms. The van der Waals surface area contributed by atoms with Crippen molar-refractivity contribution in [3.05, 3.63) is 52.7 Å². The minimum Gasteiger partial charge on any atom is -0.296 e. The van der Waals surface area contributed by atoms with Crippen LogP contribution in [0.4, 0.5) is 0 Å². The minimum atomic E-state index is 0.0506. The third-order valence-corrected chi connectivity index (χ3v) is 5.13. The molecule has 25 heavy (non-hydrogen) atoms. The van der Waals surface area contributed by atoms with Crippen LogP contribution < -0.4 is 5.56 Å². The molecule has 1 aliphatic carbocycles. The van der Waals surface area contributed by atoms with Gasteiger partial charge in [-0.15, -0.1) is 0 Å². The van der Waals surface area contributed by atoms with Crippen LogP contribution in [0.2, 0.25) is 0 Å². The molecule has 0 amide bonds. The van der Waals surface area contributed by atoms with Crippen molar-refractivity contribution in [2.45, 2.75) is 57.9 Å². The van der Waals surface area contributed by atoms with Gasteiger partial charge in [-0.25, -0.2) is 9.67 Å². The summed E-state index contributed by atoms with van der Waals surface area (Å²) in [6, 6.07) is 9.91. The van der Waals surface area contributed by atoms with Crippen molar-refractivity contribution in [2.24, 2.45) is 0 Å². The highest BCUT2D eigenvalue weighted by Gasteiger charge is 2.23. The number of hydrogen-bond donors (Lipinski definition) is 0. The molecule has 1 fully saturated rings. The maximum atomic E-state index is 13.1. The molecule has 0 radical (unpaired) electrons. The summed E-state index contributed by atoms with van der Waals surface area (Å²) in [6.45, 7) is 2.83. The number of benzene rings is 1. The molecule has 3 aromatic rings. The van der Waals surface area contributed by atoms with E-state index < -0.39 is 0 Å². The van der Waals surface area contributed by atoms with Crippen LogP contribution >= 0.6 is 0 Å². The van der Waals surface area contributed by atoms with Gasteiger partial charge in [0.25, 0.3) is 5.56 Å². The van der Waals surface area contributed by atoms with Crippen molar-refractivity contribution in [2.75, 3.05) is 0 Å². The van der Waals surface area contributed by atoms with E-state index in [0.717, 1.165) is 37.3 Å². The lowest BCUT2D eigenvalue weighted by molar-refractivity contribution is 0.408. The Labute approximate surface area is 147 Å². The van der Waals surface area contributed by atoms with Gasteiger partial charge >= 0.3 is 0 Å². The van der Waals surface area contributed by atoms with Crippen molar-refractivity contribution in [1.82, 2.24) is 19.3 Å². The van der Waals surface area contributed by atoms with Gasteiger partial charge in [-0.1, -0.05) is 44.4 Å². The molecule has 4 rings (SSSR count). The predicted molar refractivity (Wildman–Crippen MR) is 99.2 cm³/mol. The molecular weight excluding hydrogens is 312 g/mol. The van der Waals surface area contributed by atoms with Crippen LogP contribution in [0.1, 0.15) is 57.2 Å². The zero-order chi connectivity index (χ0) is 17.2. The Balaban J connectivity index is 1.92. The molecule has 130 valence electrons. The Hall–Kier alpha value is -2.43. The molecule has 0 atom stereocenters. The van der Waals surface area contributed by atoms with Gasteiger partial charge in [-0.05, 0) is 31.4 Å². The number of aromatic nitrogens is 4. The fourth-order valence-corrected chi connectivity index (χ4v) is 3.89. The first-order valence-electron chi connectivity index (χ1n) is 9.33. The molecule has 0 saturated heterocycles. The summed E-state index contributed by atoms with van der Waals surface area (Å²) in [7, 11) is 0. The van der Waals surface area contributed by atoms with Gasteiger partial charge in [0.15, 0.2) is 5.65 Å². The van der Waals surface area contributed by atoms with Crippen molar-refractivity contribution >= 4 is 11.0 Å². The summed E-state index contributed by atoms with van der Waals surface area (Å²) in [4.78, 5) is 18.1. The fourth-order valence-electron chi connectivity index (χ4n) is 3.89. The highest BCUT2D eigenvalue weighted by Crippen LogP contribution is 2.32. The maximum absolute atomic E-state index is 13.1. The van der Waals surface area contributed by atoms with E-state index in [-0.39, 0.29) is 5.56 Å². The Morgan fingerprint density at radius 3 is 2.60 bits per heavy atom. The van der Waals surface area contributed by atoms with Crippen LogP contribution in [0.25, 0.3) is 16.7 Å². The fraction of sp³-hybridized carbons (Fsp3) is 0.450. The average molecular weight is 336 g/mol. The second kappa shape index (κ2) is 6.82. The standard InChI is InChI=1S/C20H24N4O/c1-2-13-23-18(15-9-5-3-6-10-15)22-19-17(20(23)25)14-21-24(19)16-11-7-4-8-12-16/h4,7-8,11-12,14-15H,2-3,5-6,9-10,13H2,1H3. The summed E-state index contributed by atoms with van der Waals surface area (Å²) < 4.78 is 3.69. The minimum absolute atomic E-state index is 0.0506. The number of nitrogens with zero attached hydrogens (tertiary/aromatic N) is 4. The lowest BCUT2D eigenvalue weighted by Gasteiger charge is -2.24. The van der Waals surface area contributed by atoms with E-state index in [2.05, 4.69) is 12.0 Å². The summed E-state index contributed by atoms with van der Waals surface area (Å²) >= 11 is 0. The first-order valence-corrected chi connectivity index (χ1v) is 9.33. The lowest BCUT2D eigenvalue weighted by atomic mass is 9.88. The molecule has 0 aliphatic heterocycles. The van der Waals surface area contributed by atoms with E-state index >= 15 is 0 Å². The van der Waals surface area contributed by atoms with Gasteiger partial charge in [0.05, 0.1) is 11.9 Å². The lowest BCUT2D eigenvalue weighted by Crippen LogP contribution is -2.28. The molecule has 2 heterocycles. The first kappa shape index (κ1) is 16.1. The molecular formula is C20H24N4O. The van der Waals surface area contributed by atoms with Crippen molar-refractivity contribution in [3.63, 3.8) is 0 Å². The van der Waals surface area contributed by atoms with E-state index in [4.69, 9.17) is 4.98 Å². The Kier molecular flexibility index (Phi) is 4.38. The van der Waals surface area contributed by atoms with Crippen LogP contribution in [0.15, 0.2) is 41.3 Å². The van der Waals surface area contributed by atoms with Crippen LogP contribution in [-0.4, -0.2) is 19.3 Å². The second-order valence-electron chi connectivity index (χ2n) is 6.89. The SMILES string of the molecule is CCCn1c(C2CCCCC2)nc2c(cnn2-c2ccccc2)c1=O. The molecule has 1 aromatic carbocycles.